The molecule has 3 rings (SSSR count). The van der Waals surface area contributed by atoms with Gasteiger partial charge in [0.25, 0.3) is 0 Å². The van der Waals surface area contributed by atoms with Gasteiger partial charge in [0.2, 0.25) is 11.8 Å². The number of benzene rings is 1. The number of aromatic nitrogens is 1. The van der Waals surface area contributed by atoms with E-state index in [1.54, 1.807) is 23.2 Å². The van der Waals surface area contributed by atoms with Crippen LogP contribution in [0, 0.1) is 5.82 Å². The summed E-state index contributed by atoms with van der Waals surface area (Å²) in [6.07, 6.45) is 1.96. The van der Waals surface area contributed by atoms with Crippen LogP contribution in [0.1, 0.15) is 12.1 Å². The average molecular weight is 356 g/mol. The number of nitrogens with zero attached hydrogens (tertiary/aromatic N) is 3. The predicted octanol–water partition coefficient (Wildman–Crippen LogP) is 1.57. The normalized spacial score (nSPS) is 17.0. The van der Waals surface area contributed by atoms with E-state index in [0.717, 1.165) is 5.69 Å². The summed E-state index contributed by atoms with van der Waals surface area (Å²) >= 11 is 0. The minimum Gasteiger partial charge on any atom is -0.350 e. The van der Waals surface area contributed by atoms with Crippen molar-refractivity contribution in [1.82, 2.24) is 15.2 Å². The third kappa shape index (κ3) is 4.64. The second-order valence-electron chi connectivity index (χ2n) is 6.44. The van der Waals surface area contributed by atoms with Crippen molar-refractivity contribution < 1.29 is 14.0 Å². The quantitative estimate of drug-likeness (QED) is 0.853. The van der Waals surface area contributed by atoms with Crippen LogP contribution in [0.3, 0.4) is 0 Å². The highest BCUT2D eigenvalue weighted by molar-refractivity contribution is 5.96. The van der Waals surface area contributed by atoms with Gasteiger partial charge in [-0.2, -0.15) is 0 Å². The van der Waals surface area contributed by atoms with Gasteiger partial charge < -0.3 is 10.2 Å². The smallest absolute Gasteiger partial charge is 0.234 e. The van der Waals surface area contributed by atoms with E-state index in [4.69, 9.17) is 0 Å². The number of halogens is 1. The van der Waals surface area contributed by atoms with Gasteiger partial charge in [-0.05, 0) is 43.4 Å². The van der Waals surface area contributed by atoms with E-state index in [9.17, 15) is 14.0 Å². The molecule has 0 unspecified atom stereocenters. The van der Waals surface area contributed by atoms with Gasteiger partial charge in [0.1, 0.15) is 5.82 Å². The SMILES string of the molecule is CN(CC(=O)N[C@@H]1CC(=O)N(c2ccc(F)cc2)C1)Cc1ccccn1. The molecule has 2 aromatic rings. The third-order valence-corrected chi connectivity index (χ3v) is 4.20. The van der Waals surface area contributed by atoms with E-state index >= 15 is 0 Å². The molecular weight excluding hydrogens is 335 g/mol. The Morgan fingerprint density at radius 3 is 2.77 bits per heavy atom. The highest BCUT2D eigenvalue weighted by Crippen LogP contribution is 2.21. The Kier molecular flexibility index (Phi) is 5.58. The molecule has 136 valence electrons. The number of anilines is 1. The molecule has 1 aliphatic rings. The molecule has 0 bridgehead atoms. The van der Waals surface area contributed by atoms with E-state index in [1.165, 1.54) is 12.1 Å². The van der Waals surface area contributed by atoms with Crippen molar-refractivity contribution in [2.24, 2.45) is 0 Å². The van der Waals surface area contributed by atoms with Gasteiger partial charge in [0, 0.05) is 31.4 Å². The highest BCUT2D eigenvalue weighted by atomic mass is 19.1. The number of amides is 2. The second kappa shape index (κ2) is 8.05. The lowest BCUT2D eigenvalue weighted by molar-refractivity contribution is -0.122. The molecule has 26 heavy (non-hydrogen) atoms. The first-order chi connectivity index (χ1) is 12.5. The maximum atomic E-state index is 13.0. The van der Waals surface area contributed by atoms with Crippen molar-refractivity contribution in [2.45, 2.75) is 19.0 Å². The second-order valence-corrected chi connectivity index (χ2v) is 6.44. The molecule has 1 fully saturated rings. The van der Waals surface area contributed by atoms with Crippen molar-refractivity contribution in [1.29, 1.82) is 0 Å². The number of carbonyl (C=O) groups is 2. The number of likely N-dealkylation sites (N-methyl/N-ethyl adjacent to an activating group) is 1. The number of hydrogen-bond acceptors (Lipinski definition) is 4. The fourth-order valence-electron chi connectivity index (χ4n) is 3.02. The van der Waals surface area contributed by atoms with Gasteiger partial charge in [-0.3, -0.25) is 19.5 Å². The summed E-state index contributed by atoms with van der Waals surface area (Å²) in [6, 6.07) is 11.2. The molecule has 0 spiro atoms. The van der Waals surface area contributed by atoms with Crippen LogP contribution in [-0.2, 0) is 16.1 Å². The van der Waals surface area contributed by atoms with Crippen LogP contribution in [0.5, 0.6) is 0 Å². The minimum atomic E-state index is -0.346. The summed E-state index contributed by atoms with van der Waals surface area (Å²) in [7, 11) is 1.85. The van der Waals surface area contributed by atoms with Gasteiger partial charge in [-0.1, -0.05) is 6.07 Å². The van der Waals surface area contributed by atoms with Crippen LogP contribution in [0.2, 0.25) is 0 Å². The molecule has 1 aromatic heterocycles. The maximum Gasteiger partial charge on any atom is 0.234 e. The van der Waals surface area contributed by atoms with Crippen molar-refractivity contribution >= 4 is 17.5 Å². The zero-order chi connectivity index (χ0) is 18.5. The molecule has 2 heterocycles. The molecule has 6 nitrogen and oxygen atoms in total. The van der Waals surface area contributed by atoms with Crippen molar-refractivity contribution in [3.8, 4) is 0 Å². The molecule has 0 radical (unpaired) electrons. The largest absolute Gasteiger partial charge is 0.350 e. The molecule has 0 aliphatic carbocycles. The van der Waals surface area contributed by atoms with Crippen LogP contribution in [-0.4, -0.2) is 47.9 Å². The zero-order valence-electron chi connectivity index (χ0n) is 14.6. The number of nitrogens with one attached hydrogen (secondary N) is 1. The minimum absolute atomic E-state index is 0.0799. The monoisotopic (exact) mass is 356 g/mol. The van der Waals surface area contributed by atoms with Crippen molar-refractivity contribution in [3.63, 3.8) is 0 Å². The maximum absolute atomic E-state index is 13.0. The molecular formula is C19H21FN4O2. The van der Waals surface area contributed by atoms with Gasteiger partial charge in [0.05, 0.1) is 18.3 Å². The van der Waals surface area contributed by atoms with Gasteiger partial charge >= 0.3 is 0 Å². The van der Waals surface area contributed by atoms with Crippen LogP contribution in [0.4, 0.5) is 10.1 Å². The van der Waals surface area contributed by atoms with Gasteiger partial charge in [0.15, 0.2) is 0 Å². The lowest BCUT2D eigenvalue weighted by Gasteiger charge is -2.19. The summed E-state index contributed by atoms with van der Waals surface area (Å²) in [5, 5.41) is 2.90. The molecule has 1 aromatic carbocycles. The summed E-state index contributed by atoms with van der Waals surface area (Å²) in [6.45, 7) is 1.18. The van der Waals surface area contributed by atoms with Crippen molar-refractivity contribution in [2.75, 3.05) is 25.0 Å². The Hall–Kier alpha value is -2.80. The van der Waals surface area contributed by atoms with E-state index in [-0.39, 0.29) is 36.6 Å². The van der Waals surface area contributed by atoms with Gasteiger partial charge in [-0.25, -0.2) is 4.39 Å². The summed E-state index contributed by atoms with van der Waals surface area (Å²) in [5.74, 6) is -0.563. The van der Waals surface area contributed by atoms with Crippen LogP contribution in [0.15, 0.2) is 48.7 Å². The van der Waals surface area contributed by atoms with E-state index in [0.29, 0.717) is 18.8 Å². The lowest BCUT2D eigenvalue weighted by Crippen LogP contribution is -2.42. The molecule has 1 saturated heterocycles. The number of carbonyl (C=O) groups excluding carboxylic acids is 2. The molecule has 1 N–H and O–H groups in total. The number of rotatable bonds is 6. The number of pyridine rings is 1. The fraction of sp³-hybridized carbons (Fsp3) is 0.316. The van der Waals surface area contributed by atoms with Crippen LogP contribution >= 0.6 is 0 Å². The average Bonchev–Trinajstić information content (AvgIpc) is 2.96. The van der Waals surface area contributed by atoms with E-state index in [2.05, 4.69) is 10.3 Å². The summed E-state index contributed by atoms with van der Waals surface area (Å²) in [4.78, 5) is 32.1. The first kappa shape index (κ1) is 18.0. The van der Waals surface area contributed by atoms with Gasteiger partial charge in [-0.15, -0.1) is 0 Å². The Morgan fingerprint density at radius 1 is 1.31 bits per heavy atom. The number of hydrogen-bond donors (Lipinski definition) is 1. The molecule has 2 amide bonds. The fourth-order valence-corrected chi connectivity index (χ4v) is 3.02. The van der Waals surface area contributed by atoms with Crippen LogP contribution < -0.4 is 10.2 Å². The van der Waals surface area contributed by atoms with E-state index in [1.807, 2.05) is 30.1 Å². The highest BCUT2D eigenvalue weighted by Gasteiger charge is 2.31. The molecule has 1 aliphatic heterocycles. The molecule has 7 heteroatoms. The Bertz CT molecular complexity index is 767. The van der Waals surface area contributed by atoms with E-state index < -0.39 is 0 Å². The first-order valence-corrected chi connectivity index (χ1v) is 8.45. The topological polar surface area (TPSA) is 65.5 Å². The first-order valence-electron chi connectivity index (χ1n) is 8.45. The summed E-state index contributed by atoms with van der Waals surface area (Å²) in [5.41, 5.74) is 1.53. The Morgan fingerprint density at radius 2 is 2.08 bits per heavy atom. The molecule has 1 atom stereocenters. The third-order valence-electron chi connectivity index (χ3n) is 4.20. The Labute approximate surface area is 151 Å². The zero-order valence-corrected chi connectivity index (χ0v) is 14.6. The molecule has 0 saturated carbocycles. The lowest BCUT2D eigenvalue weighted by atomic mass is 10.2. The van der Waals surface area contributed by atoms with Crippen molar-refractivity contribution in [3.05, 3.63) is 60.2 Å². The predicted molar refractivity (Wildman–Crippen MR) is 95.9 cm³/mol. The summed E-state index contributed by atoms with van der Waals surface area (Å²) < 4.78 is 13.0. The Balaban J connectivity index is 1.50. The van der Waals surface area contributed by atoms with Crippen LogP contribution in [0.25, 0.3) is 0 Å². The standard InChI is InChI=1S/C19H21FN4O2/c1-23(11-15-4-2-3-9-21-15)13-18(25)22-16-10-19(26)24(12-16)17-7-5-14(20)6-8-17/h2-9,16H,10-13H2,1H3,(H,22,25)/t16-/m1/s1.